The molecule has 25 heavy (non-hydrogen) atoms. The second-order valence-electron chi connectivity index (χ2n) is 6.49. The van der Waals surface area contributed by atoms with E-state index >= 15 is 0 Å². The van der Waals surface area contributed by atoms with Crippen LogP contribution in [0.25, 0.3) is 0 Å². The Morgan fingerprint density at radius 1 is 1.28 bits per heavy atom. The van der Waals surface area contributed by atoms with Crippen LogP contribution >= 0.6 is 0 Å². The number of aliphatic carboxylic acids is 1. The van der Waals surface area contributed by atoms with Crippen LogP contribution in [-0.2, 0) is 16.0 Å². The van der Waals surface area contributed by atoms with Crippen LogP contribution in [0.5, 0.6) is 17.2 Å². The van der Waals surface area contributed by atoms with E-state index in [4.69, 9.17) is 18.9 Å². The predicted molar refractivity (Wildman–Crippen MR) is 88.2 cm³/mol. The second kappa shape index (κ2) is 7.50. The Morgan fingerprint density at radius 2 is 1.92 bits per heavy atom. The Morgan fingerprint density at radius 3 is 2.48 bits per heavy atom. The number of alkyl carbamates (subject to hydrolysis) is 1. The number of carboxylic acid groups (broad SMARTS) is 1. The Balaban J connectivity index is 2.18. The summed E-state index contributed by atoms with van der Waals surface area (Å²) in [6, 6.07) is 2.16. The molecule has 0 radical (unpaired) electrons. The molecule has 0 spiro atoms. The first kappa shape index (κ1) is 18.7. The summed E-state index contributed by atoms with van der Waals surface area (Å²) in [5, 5.41) is 11.8. The van der Waals surface area contributed by atoms with Crippen molar-refractivity contribution in [1.29, 1.82) is 0 Å². The SMILES string of the molecule is CCOc1cc2c(cc1CC(NC(=O)OC(C)(C)C)C(=O)O)OCO2. The van der Waals surface area contributed by atoms with Crippen molar-refractivity contribution >= 4 is 12.1 Å². The molecule has 0 saturated carbocycles. The first-order valence-corrected chi connectivity index (χ1v) is 7.97. The third kappa shape index (κ3) is 5.17. The summed E-state index contributed by atoms with van der Waals surface area (Å²) >= 11 is 0. The Hall–Kier alpha value is -2.64. The van der Waals surface area contributed by atoms with Gasteiger partial charge in [0.25, 0.3) is 0 Å². The Kier molecular flexibility index (Phi) is 5.61. The zero-order chi connectivity index (χ0) is 18.6. The minimum atomic E-state index is -1.18. The zero-order valence-electron chi connectivity index (χ0n) is 14.8. The monoisotopic (exact) mass is 353 g/mol. The molecular formula is C17H23NO7. The van der Waals surface area contributed by atoms with Gasteiger partial charge in [-0.3, -0.25) is 0 Å². The molecule has 1 unspecified atom stereocenters. The van der Waals surface area contributed by atoms with E-state index in [0.29, 0.717) is 29.4 Å². The highest BCUT2D eigenvalue weighted by Crippen LogP contribution is 2.38. The highest BCUT2D eigenvalue weighted by Gasteiger charge is 2.27. The molecule has 0 fully saturated rings. The fourth-order valence-electron chi connectivity index (χ4n) is 2.28. The average molecular weight is 353 g/mol. The summed E-state index contributed by atoms with van der Waals surface area (Å²) in [6.07, 6.45) is -0.779. The van der Waals surface area contributed by atoms with Crippen LogP contribution in [0.1, 0.15) is 33.3 Å². The van der Waals surface area contributed by atoms with E-state index in [2.05, 4.69) is 5.32 Å². The minimum absolute atomic E-state index is 0.0144. The van der Waals surface area contributed by atoms with Gasteiger partial charge in [-0.05, 0) is 33.8 Å². The number of benzene rings is 1. The first-order chi connectivity index (χ1) is 11.7. The number of amides is 1. The van der Waals surface area contributed by atoms with Crippen LogP contribution in [-0.4, -0.2) is 42.2 Å². The van der Waals surface area contributed by atoms with Crippen LogP contribution in [0.15, 0.2) is 12.1 Å². The molecule has 8 nitrogen and oxygen atoms in total. The number of hydrogen-bond donors (Lipinski definition) is 2. The number of carboxylic acids is 1. The van der Waals surface area contributed by atoms with Crippen molar-refractivity contribution in [2.75, 3.05) is 13.4 Å². The maximum atomic E-state index is 11.9. The lowest BCUT2D eigenvalue weighted by atomic mass is 10.0. The third-order valence-electron chi connectivity index (χ3n) is 3.27. The summed E-state index contributed by atoms with van der Waals surface area (Å²) in [5.74, 6) is 0.369. The average Bonchev–Trinajstić information content (AvgIpc) is 2.92. The van der Waals surface area contributed by atoms with Crippen molar-refractivity contribution in [1.82, 2.24) is 5.32 Å². The lowest BCUT2D eigenvalue weighted by molar-refractivity contribution is -0.139. The molecule has 1 amide bonds. The number of nitrogens with one attached hydrogen (secondary N) is 1. The maximum absolute atomic E-state index is 11.9. The summed E-state index contributed by atoms with van der Waals surface area (Å²) < 4.78 is 21.3. The highest BCUT2D eigenvalue weighted by molar-refractivity contribution is 5.80. The molecule has 1 aromatic carbocycles. The quantitative estimate of drug-likeness (QED) is 0.809. The van der Waals surface area contributed by atoms with Gasteiger partial charge in [0.1, 0.15) is 17.4 Å². The van der Waals surface area contributed by atoms with Gasteiger partial charge in [0.05, 0.1) is 6.61 Å². The molecule has 1 heterocycles. The molecular weight excluding hydrogens is 330 g/mol. The van der Waals surface area contributed by atoms with Gasteiger partial charge in [-0.25, -0.2) is 9.59 Å². The van der Waals surface area contributed by atoms with Crippen molar-refractivity contribution < 1.29 is 33.6 Å². The van der Waals surface area contributed by atoms with Gasteiger partial charge in [0, 0.05) is 18.1 Å². The molecule has 0 aliphatic carbocycles. The smallest absolute Gasteiger partial charge is 0.408 e. The maximum Gasteiger partial charge on any atom is 0.408 e. The van der Waals surface area contributed by atoms with Crippen molar-refractivity contribution in [3.63, 3.8) is 0 Å². The zero-order valence-corrected chi connectivity index (χ0v) is 14.8. The second-order valence-corrected chi connectivity index (χ2v) is 6.49. The third-order valence-corrected chi connectivity index (χ3v) is 3.27. The molecule has 1 aliphatic heterocycles. The number of carbonyl (C=O) groups is 2. The van der Waals surface area contributed by atoms with Gasteiger partial charge in [0.15, 0.2) is 11.5 Å². The van der Waals surface area contributed by atoms with Crippen LogP contribution in [0.3, 0.4) is 0 Å². The molecule has 2 N–H and O–H groups in total. The van der Waals surface area contributed by atoms with E-state index in [1.807, 2.05) is 6.92 Å². The molecule has 1 aromatic rings. The molecule has 0 saturated heterocycles. The van der Waals surface area contributed by atoms with Crippen LogP contribution < -0.4 is 19.5 Å². The topological polar surface area (TPSA) is 103 Å². The van der Waals surface area contributed by atoms with E-state index in [1.54, 1.807) is 32.9 Å². The summed E-state index contributed by atoms with van der Waals surface area (Å²) in [7, 11) is 0. The minimum Gasteiger partial charge on any atom is -0.493 e. The van der Waals surface area contributed by atoms with Crippen molar-refractivity contribution in [3.8, 4) is 17.2 Å². The number of rotatable bonds is 6. The fraction of sp³-hybridized carbons (Fsp3) is 0.529. The molecule has 1 atom stereocenters. The normalized spacial score (nSPS) is 13.9. The molecule has 0 aromatic heterocycles. The highest BCUT2D eigenvalue weighted by atomic mass is 16.7. The lowest BCUT2D eigenvalue weighted by Gasteiger charge is -2.22. The summed E-state index contributed by atoms with van der Waals surface area (Å²) in [5.41, 5.74) is -0.128. The van der Waals surface area contributed by atoms with Crippen molar-refractivity contribution in [2.45, 2.75) is 45.8 Å². The van der Waals surface area contributed by atoms with Gasteiger partial charge in [-0.1, -0.05) is 0 Å². The number of carbonyl (C=O) groups excluding carboxylic acids is 1. The van der Waals surface area contributed by atoms with Gasteiger partial charge in [-0.2, -0.15) is 0 Å². The van der Waals surface area contributed by atoms with Gasteiger partial charge in [0.2, 0.25) is 6.79 Å². The van der Waals surface area contributed by atoms with E-state index < -0.39 is 23.7 Å². The Bertz CT molecular complexity index is 651. The number of fused-ring (bicyclic) bond motifs is 1. The van der Waals surface area contributed by atoms with Gasteiger partial charge < -0.3 is 29.4 Å². The Labute approximate surface area is 146 Å². The lowest BCUT2D eigenvalue weighted by Crippen LogP contribution is -2.44. The number of hydrogen-bond acceptors (Lipinski definition) is 6. The van der Waals surface area contributed by atoms with Crippen molar-refractivity contribution in [2.24, 2.45) is 0 Å². The summed E-state index contributed by atoms with van der Waals surface area (Å²) in [6.45, 7) is 7.43. The van der Waals surface area contributed by atoms with E-state index in [1.165, 1.54) is 0 Å². The van der Waals surface area contributed by atoms with E-state index in [9.17, 15) is 14.7 Å². The van der Waals surface area contributed by atoms with Gasteiger partial charge in [-0.15, -0.1) is 0 Å². The van der Waals surface area contributed by atoms with Crippen LogP contribution in [0, 0.1) is 0 Å². The van der Waals surface area contributed by atoms with Crippen molar-refractivity contribution in [3.05, 3.63) is 17.7 Å². The predicted octanol–water partition coefficient (Wildman–Crippen LogP) is 2.33. The molecule has 8 heteroatoms. The number of ether oxygens (including phenoxy) is 4. The molecule has 0 bridgehead atoms. The molecule has 138 valence electrons. The largest absolute Gasteiger partial charge is 0.493 e. The van der Waals surface area contributed by atoms with E-state index in [0.717, 1.165) is 0 Å². The summed E-state index contributed by atoms with van der Waals surface area (Å²) in [4.78, 5) is 23.4. The van der Waals surface area contributed by atoms with Crippen LogP contribution in [0.4, 0.5) is 4.79 Å². The molecule has 2 rings (SSSR count). The van der Waals surface area contributed by atoms with E-state index in [-0.39, 0.29) is 13.2 Å². The van der Waals surface area contributed by atoms with Crippen LogP contribution in [0.2, 0.25) is 0 Å². The standard InChI is InChI=1S/C17H23NO7/c1-5-22-12-8-14-13(23-9-24-14)7-10(12)6-11(15(19)20)18-16(21)25-17(2,3)4/h7-8,11H,5-6,9H2,1-4H3,(H,18,21)(H,19,20). The fourth-order valence-corrected chi connectivity index (χ4v) is 2.28. The van der Waals surface area contributed by atoms with Gasteiger partial charge >= 0.3 is 12.1 Å². The first-order valence-electron chi connectivity index (χ1n) is 7.97. The molecule has 1 aliphatic rings.